The second-order valence-electron chi connectivity index (χ2n) is 5.63. The number of hydrogen-bond donors (Lipinski definition) is 2. The molecule has 3 rings (SSSR count). The molecule has 136 valence electrons. The molecule has 27 heavy (non-hydrogen) atoms. The summed E-state index contributed by atoms with van der Waals surface area (Å²) in [6.07, 6.45) is 0. The summed E-state index contributed by atoms with van der Waals surface area (Å²) in [5, 5.41) is 5.19. The Morgan fingerprint density at radius 2 is 1.85 bits per heavy atom. The Bertz CT molecular complexity index is 1120. The maximum absolute atomic E-state index is 12.1. The fraction of sp³-hybridized carbons (Fsp3) is 0.150. The zero-order valence-corrected chi connectivity index (χ0v) is 14.6. The van der Waals surface area contributed by atoms with E-state index in [2.05, 4.69) is 22.5 Å². The Morgan fingerprint density at radius 1 is 1.11 bits per heavy atom. The van der Waals surface area contributed by atoms with E-state index < -0.39 is 5.76 Å². The maximum atomic E-state index is 12.1. The fourth-order valence-corrected chi connectivity index (χ4v) is 2.57. The molecule has 0 aliphatic heterocycles. The number of para-hydroxylation sites is 2. The van der Waals surface area contributed by atoms with E-state index in [9.17, 15) is 14.4 Å². The standard InChI is InChI=1S/C20H17N3O4/c1-21-19(25)15-9-3-2-7-14(15)8-6-12-22-18(24)13-23-16-10-4-5-11-17(16)27-20(23)26/h2-5,7,9-11H,12-13H2,1H3,(H,21,25)(H,22,24). The van der Waals surface area contributed by atoms with E-state index in [0.29, 0.717) is 22.2 Å². The molecule has 0 aliphatic carbocycles. The van der Waals surface area contributed by atoms with Crippen LogP contribution in [0.2, 0.25) is 0 Å². The van der Waals surface area contributed by atoms with Crippen molar-refractivity contribution >= 4 is 22.9 Å². The normalized spacial score (nSPS) is 10.1. The molecule has 7 heteroatoms. The largest absolute Gasteiger partial charge is 0.420 e. The van der Waals surface area contributed by atoms with Gasteiger partial charge in [0.1, 0.15) is 6.54 Å². The second kappa shape index (κ2) is 8.06. The lowest BCUT2D eigenvalue weighted by molar-refractivity contribution is -0.121. The number of hydrogen-bond acceptors (Lipinski definition) is 4. The van der Waals surface area contributed by atoms with Crippen molar-refractivity contribution in [3.8, 4) is 11.8 Å². The van der Waals surface area contributed by atoms with E-state index in [1.807, 2.05) is 0 Å². The lowest BCUT2D eigenvalue weighted by atomic mass is 10.1. The molecule has 2 aromatic carbocycles. The molecule has 0 bridgehead atoms. The zero-order valence-electron chi connectivity index (χ0n) is 14.6. The highest BCUT2D eigenvalue weighted by atomic mass is 16.4. The molecule has 0 spiro atoms. The predicted molar refractivity (Wildman–Crippen MR) is 100 cm³/mol. The molecule has 0 unspecified atom stereocenters. The van der Waals surface area contributed by atoms with Crippen molar-refractivity contribution in [1.82, 2.24) is 15.2 Å². The van der Waals surface area contributed by atoms with Crippen molar-refractivity contribution in [3.05, 3.63) is 70.2 Å². The number of aromatic nitrogens is 1. The quantitative estimate of drug-likeness (QED) is 0.680. The van der Waals surface area contributed by atoms with E-state index in [1.54, 1.807) is 55.6 Å². The SMILES string of the molecule is CNC(=O)c1ccccc1C#CCNC(=O)Cn1c(=O)oc2ccccc21. The van der Waals surface area contributed by atoms with Gasteiger partial charge in [0.05, 0.1) is 17.6 Å². The van der Waals surface area contributed by atoms with Gasteiger partial charge in [0, 0.05) is 12.6 Å². The molecular weight excluding hydrogens is 346 g/mol. The van der Waals surface area contributed by atoms with Gasteiger partial charge in [-0.05, 0) is 24.3 Å². The van der Waals surface area contributed by atoms with Crippen LogP contribution in [0, 0.1) is 11.8 Å². The summed E-state index contributed by atoms with van der Waals surface area (Å²) in [6, 6.07) is 13.8. The number of amides is 2. The third-order valence-electron chi connectivity index (χ3n) is 3.87. The molecule has 0 saturated carbocycles. The lowest BCUT2D eigenvalue weighted by Gasteiger charge is -2.03. The van der Waals surface area contributed by atoms with Gasteiger partial charge in [-0.3, -0.25) is 14.2 Å². The van der Waals surface area contributed by atoms with Gasteiger partial charge in [-0.25, -0.2) is 4.79 Å². The average molecular weight is 363 g/mol. The zero-order chi connectivity index (χ0) is 19.2. The molecule has 7 nitrogen and oxygen atoms in total. The molecule has 0 radical (unpaired) electrons. The Morgan fingerprint density at radius 3 is 2.67 bits per heavy atom. The van der Waals surface area contributed by atoms with Gasteiger partial charge in [-0.2, -0.15) is 0 Å². The van der Waals surface area contributed by atoms with Crippen LogP contribution in [0.5, 0.6) is 0 Å². The number of rotatable bonds is 4. The van der Waals surface area contributed by atoms with Crippen molar-refractivity contribution in [1.29, 1.82) is 0 Å². The van der Waals surface area contributed by atoms with E-state index in [4.69, 9.17) is 4.42 Å². The highest BCUT2D eigenvalue weighted by molar-refractivity contribution is 5.96. The minimum atomic E-state index is -0.586. The highest BCUT2D eigenvalue weighted by Gasteiger charge is 2.11. The van der Waals surface area contributed by atoms with Gasteiger partial charge in [0.25, 0.3) is 5.91 Å². The molecule has 3 aromatic rings. The van der Waals surface area contributed by atoms with Crippen LogP contribution in [-0.2, 0) is 11.3 Å². The molecule has 0 atom stereocenters. The first kappa shape index (κ1) is 18.0. The minimum Gasteiger partial charge on any atom is -0.408 e. The Labute approximate surface area is 155 Å². The number of benzene rings is 2. The summed E-state index contributed by atoms with van der Waals surface area (Å²) < 4.78 is 6.35. The monoisotopic (exact) mass is 363 g/mol. The fourth-order valence-electron chi connectivity index (χ4n) is 2.57. The number of nitrogens with one attached hydrogen (secondary N) is 2. The van der Waals surface area contributed by atoms with Crippen LogP contribution in [0.1, 0.15) is 15.9 Å². The summed E-state index contributed by atoms with van der Waals surface area (Å²) in [7, 11) is 1.55. The summed E-state index contributed by atoms with van der Waals surface area (Å²) in [5.74, 6) is 4.51. The third kappa shape index (κ3) is 4.07. The molecule has 1 heterocycles. The van der Waals surface area contributed by atoms with Crippen LogP contribution in [0.3, 0.4) is 0 Å². The van der Waals surface area contributed by atoms with Gasteiger partial charge in [0.15, 0.2) is 5.58 Å². The van der Waals surface area contributed by atoms with Crippen LogP contribution in [0.15, 0.2) is 57.7 Å². The van der Waals surface area contributed by atoms with Crippen LogP contribution in [-0.4, -0.2) is 30.0 Å². The molecule has 0 fully saturated rings. The topological polar surface area (TPSA) is 93.3 Å². The van der Waals surface area contributed by atoms with Crippen LogP contribution < -0.4 is 16.4 Å². The van der Waals surface area contributed by atoms with Crippen LogP contribution in [0.25, 0.3) is 11.1 Å². The molecule has 1 aromatic heterocycles. The minimum absolute atomic E-state index is 0.0887. The molecule has 2 amide bonds. The summed E-state index contributed by atoms with van der Waals surface area (Å²) in [6.45, 7) is -0.0716. The third-order valence-corrected chi connectivity index (χ3v) is 3.87. The number of oxazole rings is 1. The number of carbonyl (C=O) groups excluding carboxylic acids is 2. The number of carbonyl (C=O) groups is 2. The van der Waals surface area contributed by atoms with E-state index >= 15 is 0 Å². The molecular formula is C20H17N3O4. The van der Waals surface area contributed by atoms with Crippen LogP contribution in [0.4, 0.5) is 0 Å². The number of fused-ring (bicyclic) bond motifs is 1. The first-order valence-corrected chi connectivity index (χ1v) is 8.25. The molecule has 0 saturated heterocycles. The van der Waals surface area contributed by atoms with Crippen molar-refractivity contribution in [2.75, 3.05) is 13.6 Å². The van der Waals surface area contributed by atoms with Gasteiger partial charge < -0.3 is 15.1 Å². The van der Waals surface area contributed by atoms with E-state index in [-0.39, 0.29) is 24.9 Å². The van der Waals surface area contributed by atoms with Gasteiger partial charge in [0.2, 0.25) is 5.91 Å². The Balaban J connectivity index is 1.65. The summed E-state index contributed by atoms with van der Waals surface area (Å²) in [5.41, 5.74) is 2.03. The summed E-state index contributed by atoms with van der Waals surface area (Å²) in [4.78, 5) is 35.8. The predicted octanol–water partition coefficient (Wildman–Crippen LogP) is 1.12. The van der Waals surface area contributed by atoms with E-state index in [1.165, 1.54) is 4.57 Å². The van der Waals surface area contributed by atoms with Crippen molar-refractivity contribution in [3.63, 3.8) is 0 Å². The highest BCUT2D eigenvalue weighted by Crippen LogP contribution is 2.11. The smallest absolute Gasteiger partial charge is 0.408 e. The average Bonchev–Trinajstić information content (AvgIpc) is 3.00. The van der Waals surface area contributed by atoms with E-state index in [0.717, 1.165) is 0 Å². The van der Waals surface area contributed by atoms with Crippen molar-refractivity contribution < 1.29 is 14.0 Å². The first-order valence-electron chi connectivity index (χ1n) is 8.25. The Hall–Kier alpha value is -3.79. The van der Waals surface area contributed by atoms with Crippen molar-refractivity contribution in [2.24, 2.45) is 0 Å². The lowest BCUT2D eigenvalue weighted by Crippen LogP contribution is -2.31. The first-order chi connectivity index (χ1) is 13.1. The van der Waals surface area contributed by atoms with Crippen LogP contribution >= 0.6 is 0 Å². The maximum Gasteiger partial charge on any atom is 0.420 e. The summed E-state index contributed by atoms with van der Waals surface area (Å²) >= 11 is 0. The Kier molecular flexibility index (Phi) is 5.38. The molecule has 0 aliphatic rings. The van der Waals surface area contributed by atoms with Crippen molar-refractivity contribution in [2.45, 2.75) is 6.54 Å². The number of nitrogens with zero attached hydrogens (tertiary/aromatic N) is 1. The van der Waals surface area contributed by atoms with Gasteiger partial charge in [-0.15, -0.1) is 0 Å². The molecule has 2 N–H and O–H groups in total. The van der Waals surface area contributed by atoms with Gasteiger partial charge >= 0.3 is 5.76 Å². The van der Waals surface area contributed by atoms with Gasteiger partial charge in [-0.1, -0.05) is 36.1 Å². The second-order valence-corrected chi connectivity index (χ2v) is 5.63.